The molecule has 1 rings (SSSR count). The molecule has 0 aromatic heterocycles. The van der Waals surface area contributed by atoms with Gasteiger partial charge in [0.05, 0.1) is 4.92 Å². The van der Waals surface area contributed by atoms with Gasteiger partial charge in [-0.3, -0.25) is 10.1 Å². The maximum atomic E-state index is 13.0. The standard InChI is InChI=1S/C8H6F4N2O2/c9-6-2-1-4(14(15)16)3-5(6)7(13)8(10,11)12/h1-3,7H,13H2/t7-/m0/s1. The molecular formula is C8H6F4N2O2. The lowest BCUT2D eigenvalue weighted by molar-refractivity contribution is -0.385. The quantitative estimate of drug-likeness (QED) is 0.488. The SMILES string of the molecule is N[C@@H](c1cc([N+](=O)[O-])ccc1F)C(F)(F)F. The van der Waals surface area contributed by atoms with Gasteiger partial charge < -0.3 is 5.73 Å². The molecule has 1 atom stereocenters. The molecule has 0 aliphatic carbocycles. The lowest BCUT2D eigenvalue weighted by atomic mass is 10.1. The number of non-ortho nitro benzene ring substituents is 1. The van der Waals surface area contributed by atoms with E-state index in [0.717, 1.165) is 6.07 Å². The Labute approximate surface area is 86.8 Å². The Bertz CT molecular complexity index is 419. The van der Waals surface area contributed by atoms with Crippen LogP contribution in [0.5, 0.6) is 0 Å². The third-order valence-corrected chi connectivity index (χ3v) is 1.88. The highest BCUT2D eigenvalue weighted by Crippen LogP contribution is 2.33. The number of nitro benzene ring substituents is 1. The van der Waals surface area contributed by atoms with Crippen LogP contribution in [-0.2, 0) is 0 Å². The van der Waals surface area contributed by atoms with Crippen molar-refractivity contribution in [2.45, 2.75) is 12.2 Å². The van der Waals surface area contributed by atoms with Gasteiger partial charge in [-0.05, 0) is 6.07 Å². The molecule has 2 N–H and O–H groups in total. The molecular weight excluding hydrogens is 232 g/mol. The number of halogens is 4. The molecule has 1 aromatic carbocycles. The second-order valence-electron chi connectivity index (χ2n) is 2.98. The Morgan fingerprint density at radius 2 is 1.94 bits per heavy atom. The number of rotatable bonds is 2. The van der Waals surface area contributed by atoms with Crippen molar-refractivity contribution in [3.8, 4) is 0 Å². The van der Waals surface area contributed by atoms with Crippen molar-refractivity contribution in [3.05, 3.63) is 39.7 Å². The first-order valence-corrected chi connectivity index (χ1v) is 3.99. The van der Waals surface area contributed by atoms with Crippen LogP contribution < -0.4 is 5.73 Å². The summed E-state index contributed by atoms with van der Waals surface area (Å²) in [6.45, 7) is 0. The molecule has 0 fully saturated rings. The predicted molar refractivity (Wildman–Crippen MR) is 46.0 cm³/mol. The van der Waals surface area contributed by atoms with Crippen molar-refractivity contribution in [1.82, 2.24) is 0 Å². The monoisotopic (exact) mass is 238 g/mol. The molecule has 0 amide bonds. The molecule has 0 spiro atoms. The van der Waals surface area contributed by atoms with Crippen molar-refractivity contribution >= 4 is 5.69 Å². The van der Waals surface area contributed by atoms with Crippen LogP contribution >= 0.6 is 0 Å². The molecule has 4 nitrogen and oxygen atoms in total. The van der Waals surface area contributed by atoms with Crippen molar-refractivity contribution in [3.63, 3.8) is 0 Å². The average molecular weight is 238 g/mol. The van der Waals surface area contributed by atoms with Gasteiger partial charge in [-0.15, -0.1) is 0 Å². The number of nitrogens with zero attached hydrogens (tertiary/aromatic N) is 1. The van der Waals surface area contributed by atoms with E-state index in [1.165, 1.54) is 0 Å². The summed E-state index contributed by atoms with van der Waals surface area (Å²) in [6, 6.07) is -0.749. The summed E-state index contributed by atoms with van der Waals surface area (Å²) in [5.74, 6) is -1.23. The minimum atomic E-state index is -4.85. The zero-order valence-electron chi connectivity index (χ0n) is 7.66. The molecule has 1 aromatic rings. The number of hydrogen-bond acceptors (Lipinski definition) is 3. The van der Waals surface area contributed by atoms with Crippen molar-refractivity contribution < 1.29 is 22.5 Å². The van der Waals surface area contributed by atoms with Gasteiger partial charge in [-0.25, -0.2) is 4.39 Å². The second-order valence-corrected chi connectivity index (χ2v) is 2.98. The molecule has 0 saturated heterocycles. The summed E-state index contributed by atoms with van der Waals surface area (Å²) < 4.78 is 49.6. The number of nitro groups is 1. The van der Waals surface area contributed by atoms with E-state index in [1.807, 2.05) is 0 Å². The summed E-state index contributed by atoms with van der Waals surface area (Å²) in [4.78, 5) is 9.37. The fraction of sp³-hybridized carbons (Fsp3) is 0.250. The molecule has 0 aliphatic heterocycles. The van der Waals surface area contributed by atoms with Gasteiger partial charge >= 0.3 is 6.18 Å². The Hall–Kier alpha value is -1.70. The van der Waals surface area contributed by atoms with E-state index in [2.05, 4.69) is 0 Å². The van der Waals surface area contributed by atoms with E-state index in [4.69, 9.17) is 5.73 Å². The van der Waals surface area contributed by atoms with Crippen molar-refractivity contribution in [2.24, 2.45) is 5.73 Å². The number of benzene rings is 1. The van der Waals surface area contributed by atoms with Crippen LogP contribution in [0.2, 0.25) is 0 Å². The van der Waals surface area contributed by atoms with E-state index >= 15 is 0 Å². The smallest absolute Gasteiger partial charge is 0.316 e. The highest BCUT2D eigenvalue weighted by molar-refractivity contribution is 5.37. The zero-order valence-corrected chi connectivity index (χ0v) is 7.66. The van der Waals surface area contributed by atoms with E-state index in [1.54, 1.807) is 0 Å². The van der Waals surface area contributed by atoms with Gasteiger partial charge in [0.2, 0.25) is 0 Å². The Balaban J connectivity index is 3.22. The third-order valence-electron chi connectivity index (χ3n) is 1.88. The maximum Gasteiger partial charge on any atom is 0.407 e. The van der Waals surface area contributed by atoms with E-state index in [-0.39, 0.29) is 0 Å². The summed E-state index contributed by atoms with van der Waals surface area (Å²) in [6.07, 6.45) is -4.85. The predicted octanol–water partition coefficient (Wildman–Crippen LogP) is 2.30. The van der Waals surface area contributed by atoms with Gasteiger partial charge in [0.15, 0.2) is 0 Å². The van der Waals surface area contributed by atoms with Crippen LogP contribution in [0.3, 0.4) is 0 Å². The lowest BCUT2D eigenvalue weighted by Crippen LogP contribution is -2.29. The van der Waals surface area contributed by atoms with Crippen molar-refractivity contribution in [1.29, 1.82) is 0 Å². The van der Waals surface area contributed by atoms with Crippen LogP contribution in [0.25, 0.3) is 0 Å². The Morgan fingerprint density at radius 1 is 1.38 bits per heavy atom. The van der Waals surface area contributed by atoms with E-state index in [0.29, 0.717) is 12.1 Å². The molecule has 0 unspecified atom stereocenters. The topological polar surface area (TPSA) is 69.2 Å². The Kier molecular flexibility index (Phi) is 3.13. The second kappa shape index (κ2) is 4.05. The average Bonchev–Trinajstić information content (AvgIpc) is 2.15. The molecule has 0 saturated carbocycles. The Morgan fingerprint density at radius 3 is 2.38 bits per heavy atom. The fourth-order valence-corrected chi connectivity index (χ4v) is 1.06. The molecule has 0 aliphatic rings. The van der Waals surface area contributed by atoms with Crippen LogP contribution in [0.1, 0.15) is 11.6 Å². The van der Waals surface area contributed by atoms with Gasteiger partial charge in [-0.1, -0.05) is 0 Å². The highest BCUT2D eigenvalue weighted by Gasteiger charge is 2.39. The first-order valence-electron chi connectivity index (χ1n) is 3.99. The normalized spacial score (nSPS) is 13.6. The van der Waals surface area contributed by atoms with E-state index < -0.39 is 34.2 Å². The summed E-state index contributed by atoms with van der Waals surface area (Å²) >= 11 is 0. The maximum absolute atomic E-state index is 13.0. The number of hydrogen-bond donors (Lipinski definition) is 1. The van der Waals surface area contributed by atoms with Gasteiger partial charge in [0.25, 0.3) is 5.69 Å². The minimum absolute atomic E-state index is 0.480. The largest absolute Gasteiger partial charge is 0.407 e. The zero-order chi connectivity index (χ0) is 12.5. The van der Waals surface area contributed by atoms with Gasteiger partial charge in [0.1, 0.15) is 11.9 Å². The summed E-state index contributed by atoms with van der Waals surface area (Å²) in [7, 11) is 0. The molecule has 8 heteroatoms. The lowest BCUT2D eigenvalue weighted by Gasteiger charge is -2.16. The molecule has 0 bridgehead atoms. The number of alkyl halides is 3. The fourth-order valence-electron chi connectivity index (χ4n) is 1.06. The molecule has 16 heavy (non-hydrogen) atoms. The van der Waals surface area contributed by atoms with Crippen LogP contribution in [0.15, 0.2) is 18.2 Å². The third kappa shape index (κ3) is 2.45. The molecule has 0 heterocycles. The first kappa shape index (κ1) is 12.4. The van der Waals surface area contributed by atoms with Crippen LogP contribution in [-0.4, -0.2) is 11.1 Å². The van der Waals surface area contributed by atoms with Gasteiger partial charge in [-0.2, -0.15) is 13.2 Å². The van der Waals surface area contributed by atoms with E-state index in [9.17, 15) is 27.7 Å². The minimum Gasteiger partial charge on any atom is -0.316 e. The van der Waals surface area contributed by atoms with Gasteiger partial charge in [0, 0.05) is 17.7 Å². The summed E-state index contributed by atoms with van der Waals surface area (Å²) in [5, 5.41) is 10.3. The van der Waals surface area contributed by atoms with Crippen molar-refractivity contribution in [2.75, 3.05) is 0 Å². The first-order chi connectivity index (χ1) is 7.23. The van der Waals surface area contributed by atoms with Crippen LogP contribution in [0.4, 0.5) is 23.2 Å². The number of nitrogens with two attached hydrogens (primary N) is 1. The molecule has 0 radical (unpaired) electrons. The summed E-state index contributed by atoms with van der Waals surface area (Å²) in [5.41, 5.74) is 3.17. The van der Waals surface area contributed by atoms with Crippen LogP contribution in [0, 0.1) is 15.9 Å². The highest BCUT2D eigenvalue weighted by atomic mass is 19.4. The molecule has 88 valence electrons.